The molecule has 6 aromatic carbocycles. The van der Waals surface area contributed by atoms with E-state index in [0.29, 0.717) is 0 Å². The van der Waals surface area contributed by atoms with E-state index in [1.807, 2.05) is 60.7 Å². The summed E-state index contributed by atoms with van der Waals surface area (Å²) in [6, 6.07) is 41.1. The highest BCUT2D eigenvalue weighted by Crippen LogP contribution is 2.36. The van der Waals surface area contributed by atoms with Crippen LogP contribution < -0.4 is 5.43 Å². The number of para-hydroxylation sites is 2. The van der Waals surface area contributed by atoms with Crippen LogP contribution in [0.3, 0.4) is 0 Å². The van der Waals surface area contributed by atoms with Crippen LogP contribution in [-0.2, 0) is 0 Å². The second-order valence-electron chi connectivity index (χ2n) is 10.5. The smallest absolute Gasteiger partial charge is 0.195 e. The van der Waals surface area contributed by atoms with Gasteiger partial charge in [-0.05, 0) is 82.9 Å². The van der Waals surface area contributed by atoms with Gasteiger partial charge in [0, 0.05) is 41.7 Å². The third-order valence-corrected chi connectivity index (χ3v) is 9.24. The molecule has 192 valence electrons. The summed E-state index contributed by atoms with van der Waals surface area (Å²) in [4.78, 5) is 13.9. The third kappa shape index (κ3) is 3.41. The van der Waals surface area contributed by atoms with Crippen molar-refractivity contribution in [2.24, 2.45) is 0 Å². The topological polar surface area (TPSA) is 43.4 Å². The van der Waals surface area contributed by atoms with Gasteiger partial charge in [0.2, 0.25) is 0 Å². The van der Waals surface area contributed by atoms with Crippen LogP contribution in [-0.4, -0.2) is 0 Å². The van der Waals surface area contributed by atoms with E-state index in [-0.39, 0.29) is 5.43 Å². The first kappa shape index (κ1) is 22.6. The van der Waals surface area contributed by atoms with Crippen LogP contribution in [0, 0.1) is 0 Å². The lowest BCUT2D eigenvalue weighted by Gasteiger charge is -2.07. The predicted molar refractivity (Wildman–Crippen MR) is 171 cm³/mol. The third-order valence-electron chi connectivity index (χ3n) is 8.09. The van der Waals surface area contributed by atoms with Crippen molar-refractivity contribution < 1.29 is 8.83 Å². The fraction of sp³-hybridized carbons (Fsp3) is 0. The Morgan fingerprint density at radius 2 is 0.780 bits per heavy atom. The van der Waals surface area contributed by atoms with Crippen LogP contribution in [0.2, 0.25) is 0 Å². The van der Waals surface area contributed by atoms with Gasteiger partial charge in [-0.3, -0.25) is 4.79 Å². The largest absolute Gasteiger partial charge is 0.456 e. The van der Waals surface area contributed by atoms with E-state index in [9.17, 15) is 4.79 Å². The summed E-state index contributed by atoms with van der Waals surface area (Å²) < 4.78 is 14.0. The summed E-state index contributed by atoms with van der Waals surface area (Å²) in [5.41, 5.74) is 7.69. The van der Waals surface area contributed by atoms with Gasteiger partial charge in [0.05, 0.1) is 0 Å². The molecule has 0 aliphatic carbocycles. The van der Waals surface area contributed by atoms with Gasteiger partial charge in [-0.25, -0.2) is 0 Å². The van der Waals surface area contributed by atoms with E-state index < -0.39 is 0 Å². The molecule has 0 bridgehead atoms. The van der Waals surface area contributed by atoms with Gasteiger partial charge in [0.1, 0.15) is 22.3 Å². The van der Waals surface area contributed by atoms with Crippen molar-refractivity contribution in [2.45, 2.75) is 0 Å². The van der Waals surface area contributed by atoms with Gasteiger partial charge >= 0.3 is 0 Å². The molecule has 3 aromatic heterocycles. The quantitative estimate of drug-likeness (QED) is 0.203. The molecule has 0 atom stereocenters. The van der Waals surface area contributed by atoms with E-state index in [1.54, 1.807) is 11.3 Å². The average molecular weight is 545 g/mol. The Morgan fingerprint density at radius 1 is 0.390 bits per heavy atom. The second kappa shape index (κ2) is 8.40. The van der Waals surface area contributed by atoms with Crippen molar-refractivity contribution in [3.8, 4) is 22.3 Å². The van der Waals surface area contributed by atoms with Crippen molar-refractivity contribution in [1.82, 2.24) is 0 Å². The molecule has 0 aliphatic heterocycles. The van der Waals surface area contributed by atoms with Crippen LogP contribution in [0.25, 0.3) is 86.3 Å². The van der Waals surface area contributed by atoms with E-state index in [0.717, 1.165) is 86.3 Å². The summed E-state index contributed by atoms with van der Waals surface area (Å²) in [7, 11) is 0. The molecule has 0 saturated carbocycles. The maximum atomic E-state index is 13.9. The van der Waals surface area contributed by atoms with Gasteiger partial charge in [-0.2, -0.15) is 0 Å². The summed E-state index contributed by atoms with van der Waals surface area (Å²) in [5.74, 6) is 0. The first-order valence-electron chi connectivity index (χ1n) is 13.5. The number of hydrogen-bond donors (Lipinski definition) is 0. The maximum Gasteiger partial charge on any atom is 0.195 e. The molecule has 9 rings (SSSR count). The first-order chi connectivity index (χ1) is 20.2. The lowest BCUT2D eigenvalue weighted by Crippen LogP contribution is -2.01. The zero-order valence-corrected chi connectivity index (χ0v) is 22.5. The normalized spacial score (nSPS) is 12.0. The lowest BCUT2D eigenvalue weighted by molar-refractivity contribution is 0.668. The Balaban J connectivity index is 1.19. The van der Waals surface area contributed by atoms with Gasteiger partial charge in [-0.15, -0.1) is 11.3 Å². The van der Waals surface area contributed by atoms with Crippen molar-refractivity contribution in [2.75, 3.05) is 0 Å². The van der Waals surface area contributed by atoms with Gasteiger partial charge in [0.25, 0.3) is 0 Å². The van der Waals surface area contributed by atoms with Gasteiger partial charge in [-0.1, -0.05) is 60.7 Å². The molecule has 0 spiro atoms. The summed E-state index contributed by atoms with van der Waals surface area (Å²) in [6.07, 6.45) is 0. The number of furan rings is 2. The zero-order chi connectivity index (χ0) is 27.1. The standard InChI is InChI=1S/C37H20O3S/c38-37-29-19-23(21-9-13-33-27(17-21)25-5-1-3-7-31(25)39-33)11-15-35(29)41-36-16-12-24(20-30(36)37)22-10-14-34-28(18-22)26-6-2-4-8-32(26)40-34/h1-20H. The van der Waals surface area contributed by atoms with Crippen molar-refractivity contribution >= 4 is 75.4 Å². The van der Waals surface area contributed by atoms with Crippen LogP contribution in [0.4, 0.5) is 0 Å². The molecule has 0 unspecified atom stereocenters. The molecular weight excluding hydrogens is 524 g/mol. The van der Waals surface area contributed by atoms with E-state index in [4.69, 9.17) is 8.83 Å². The fourth-order valence-corrected chi connectivity index (χ4v) is 7.06. The predicted octanol–water partition coefficient (Wildman–Crippen LogP) is 10.5. The zero-order valence-electron chi connectivity index (χ0n) is 21.7. The van der Waals surface area contributed by atoms with E-state index in [1.165, 1.54) is 0 Å². The van der Waals surface area contributed by atoms with Crippen molar-refractivity contribution in [3.05, 3.63) is 132 Å². The summed E-state index contributed by atoms with van der Waals surface area (Å²) in [5, 5.41) is 5.83. The highest BCUT2D eigenvalue weighted by Gasteiger charge is 2.13. The minimum absolute atomic E-state index is 0.0575. The SMILES string of the molecule is O=c1c2cc(-c3ccc4oc5ccccc5c4c3)ccc2sc2ccc(-c3ccc4oc5ccccc5c4c3)cc12. The molecule has 0 amide bonds. The Hall–Kier alpha value is -5.19. The second-order valence-corrected chi connectivity index (χ2v) is 11.6. The number of fused-ring (bicyclic) bond motifs is 8. The molecular formula is C37H20O3S. The monoisotopic (exact) mass is 544 g/mol. The molecule has 0 aliphatic rings. The Labute approximate surface area is 237 Å². The van der Waals surface area contributed by atoms with E-state index >= 15 is 0 Å². The molecule has 3 nitrogen and oxygen atoms in total. The number of benzene rings is 6. The van der Waals surface area contributed by atoms with Crippen LogP contribution in [0.1, 0.15) is 0 Å². The average Bonchev–Trinajstić information content (AvgIpc) is 3.58. The molecule has 9 aromatic rings. The number of rotatable bonds is 2. The van der Waals surface area contributed by atoms with Gasteiger partial charge < -0.3 is 8.83 Å². The molecule has 0 fully saturated rings. The molecule has 4 heteroatoms. The Morgan fingerprint density at radius 3 is 1.27 bits per heavy atom. The van der Waals surface area contributed by atoms with Crippen LogP contribution in [0.5, 0.6) is 0 Å². The molecule has 41 heavy (non-hydrogen) atoms. The highest BCUT2D eigenvalue weighted by molar-refractivity contribution is 7.24. The summed E-state index contributed by atoms with van der Waals surface area (Å²) >= 11 is 1.65. The van der Waals surface area contributed by atoms with E-state index in [2.05, 4.69) is 60.7 Å². The van der Waals surface area contributed by atoms with Crippen LogP contribution in [0.15, 0.2) is 135 Å². The Bertz CT molecular complexity index is 2390. The molecule has 0 saturated heterocycles. The molecule has 3 heterocycles. The lowest BCUT2D eigenvalue weighted by atomic mass is 10.00. The molecule has 0 N–H and O–H groups in total. The van der Waals surface area contributed by atoms with Gasteiger partial charge in [0.15, 0.2) is 5.43 Å². The first-order valence-corrected chi connectivity index (χ1v) is 14.4. The minimum atomic E-state index is 0.0575. The number of hydrogen-bond acceptors (Lipinski definition) is 4. The maximum absolute atomic E-state index is 13.9. The molecule has 0 radical (unpaired) electrons. The highest BCUT2D eigenvalue weighted by atomic mass is 32.1. The minimum Gasteiger partial charge on any atom is -0.456 e. The van der Waals surface area contributed by atoms with Crippen LogP contribution >= 0.6 is 11.3 Å². The van der Waals surface area contributed by atoms with Crippen molar-refractivity contribution in [3.63, 3.8) is 0 Å². The summed E-state index contributed by atoms with van der Waals surface area (Å²) in [6.45, 7) is 0. The fourth-order valence-electron chi connectivity index (χ4n) is 6.03. The Kier molecular flexibility index (Phi) is 4.63. The van der Waals surface area contributed by atoms with Crippen molar-refractivity contribution in [1.29, 1.82) is 0 Å².